The van der Waals surface area contributed by atoms with E-state index in [2.05, 4.69) is 23.3 Å². The number of nitriles is 1. The van der Waals surface area contributed by atoms with Gasteiger partial charge >= 0.3 is 0 Å². The lowest BCUT2D eigenvalue weighted by molar-refractivity contribution is 0.0699. The van der Waals surface area contributed by atoms with Crippen molar-refractivity contribution in [2.45, 2.75) is 19.4 Å². The zero-order chi connectivity index (χ0) is 19.3. The second-order valence-corrected chi connectivity index (χ2v) is 7.21. The second kappa shape index (κ2) is 8.10. The van der Waals surface area contributed by atoms with Gasteiger partial charge in [-0.15, -0.1) is 0 Å². The number of amides is 1. The molecule has 1 fully saturated rings. The van der Waals surface area contributed by atoms with Crippen molar-refractivity contribution in [1.29, 1.82) is 5.26 Å². The summed E-state index contributed by atoms with van der Waals surface area (Å²) >= 11 is 0. The molecule has 1 aromatic heterocycles. The Morgan fingerprint density at radius 3 is 2.82 bits per heavy atom. The molecule has 1 aliphatic rings. The molecule has 5 heteroatoms. The van der Waals surface area contributed by atoms with Crippen LogP contribution in [0.3, 0.4) is 0 Å². The average molecular weight is 370 g/mol. The minimum absolute atomic E-state index is 0.00141. The van der Waals surface area contributed by atoms with Gasteiger partial charge < -0.3 is 4.90 Å². The van der Waals surface area contributed by atoms with Crippen LogP contribution in [-0.2, 0) is 6.54 Å². The summed E-state index contributed by atoms with van der Waals surface area (Å²) in [4.78, 5) is 14.7. The minimum Gasteiger partial charge on any atom is -0.337 e. The third-order valence-electron chi connectivity index (χ3n) is 5.15. The quantitative estimate of drug-likeness (QED) is 0.698. The Hall–Kier alpha value is -3.39. The van der Waals surface area contributed by atoms with E-state index < -0.39 is 0 Å². The summed E-state index contributed by atoms with van der Waals surface area (Å²) in [6.07, 6.45) is 5.60. The molecule has 0 saturated carbocycles. The number of rotatable bonds is 4. The lowest BCUT2D eigenvalue weighted by Crippen LogP contribution is -2.39. The maximum Gasteiger partial charge on any atom is 0.253 e. The largest absolute Gasteiger partial charge is 0.337 e. The molecule has 0 unspecified atom stereocenters. The van der Waals surface area contributed by atoms with Gasteiger partial charge in [0.25, 0.3) is 5.91 Å². The van der Waals surface area contributed by atoms with Gasteiger partial charge in [-0.1, -0.05) is 42.5 Å². The van der Waals surface area contributed by atoms with Crippen LogP contribution in [0.4, 0.5) is 0 Å². The van der Waals surface area contributed by atoms with E-state index in [9.17, 15) is 4.79 Å². The van der Waals surface area contributed by atoms with Crippen LogP contribution in [0.5, 0.6) is 0 Å². The Kier molecular flexibility index (Phi) is 5.20. The number of hydrogen-bond acceptors (Lipinski definition) is 3. The smallest absolute Gasteiger partial charge is 0.253 e. The van der Waals surface area contributed by atoms with Crippen molar-refractivity contribution in [3.63, 3.8) is 0 Å². The molecule has 0 N–H and O–H groups in total. The fraction of sp³-hybridized carbons (Fsp3) is 0.261. The van der Waals surface area contributed by atoms with E-state index in [1.165, 1.54) is 5.56 Å². The van der Waals surface area contributed by atoms with Gasteiger partial charge in [0.1, 0.15) is 0 Å². The number of aromatic nitrogens is 2. The molecule has 5 nitrogen and oxygen atoms in total. The molecule has 2 aromatic carbocycles. The van der Waals surface area contributed by atoms with Gasteiger partial charge in [0.2, 0.25) is 0 Å². The highest BCUT2D eigenvalue weighted by molar-refractivity contribution is 5.95. The zero-order valence-electron chi connectivity index (χ0n) is 15.7. The molecule has 140 valence electrons. The van der Waals surface area contributed by atoms with E-state index in [1.54, 1.807) is 4.90 Å². The van der Waals surface area contributed by atoms with Crippen molar-refractivity contribution in [2.24, 2.45) is 5.92 Å². The van der Waals surface area contributed by atoms with E-state index in [1.807, 2.05) is 59.5 Å². The molecule has 1 amide bonds. The summed E-state index contributed by atoms with van der Waals surface area (Å²) in [6.45, 7) is 1.95. The topological polar surface area (TPSA) is 61.9 Å². The van der Waals surface area contributed by atoms with Crippen LogP contribution in [0.25, 0.3) is 11.1 Å². The summed E-state index contributed by atoms with van der Waals surface area (Å²) in [5, 5.41) is 13.6. The minimum atomic E-state index is -0.0582. The number of likely N-dealkylation sites (tertiary alicyclic amines) is 1. The first-order valence-corrected chi connectivity index (χ1v) is 9.58. The standard InChI is InChI=1S/C23H22N4O/c24-13-19-8-5-11-26(15-19)23(28)21-10-4-9-20(12-21)22-14-25-27(17-22)16-18-6-2-1-3-7-18/h1-4,6-7,9-10,12,14,17,19H,5,8,11,15-16H2/t19-/m1/s1. The van der Waals surface area contributed by atoms with Gasteiger partial charge in [-0.05, 0) is 36.1 Å². The Morgan fingerprint density at radius 2 is 2.00 bits per heavy atom. The molecule has 0 bridgehead atoms. The predicted molar refractivity (Wildman–Crippen MR) is 107 cm³/mol. The number of benzene rings is 2. The zero-order valence-corrected chi connectivity index (χ0v) is 15.7. The number of piperidine rings is 1. The van der Waals surface area contributed by atoms with Gasteiger partial charge in [0, 0.05) is 30.4 Å². The van der Waals surface area contributed by atoms with Crippen LogP contribution < -0.4 is 0 Å². The van der Waals surface area contributed by atoms with Gasteiger partial charge in [0.05, 0.1) is 24.7 Å². The van der Waals surface area contributed by atoms with Crippen molar-refractivity contribution in [1.82, 2.24) is 14.7 Å². The van der Waals surface area contributed by atoms with Crippen LogP contribution in [0, 0.1) is 17.2 Å². The first kappa shape index (κ1) is 18.0. The Bertz CT molecular complexity index is 1000. The van der Waals surface area contributed by atoms with Crippen molar-refractivity contribution in [2.75, 3.05) is 13.1 Å². The molecule has 28 heavy (non-hydrogen) atoms. The van der Waals surface area contributed by atoms with Crippen LogP contribution in [0.2, 0.25) is 0 Å². The van der Waals surface area contributed by atoms with Crippen LogP contribution >= 0.6 is 0 Å². The molecule has 1 aliphatic heterocycles. The average Bonchev–Trinajstić information content (AvgIpc) is 3.22. The molecule has 4 rings (SSSR count). The molecular weight excluding hydrogens is 348 g/mol. The summed E-state index contributed by atoms with van der Waals surface area (Å²) in [6, 6.07) is 20.2. The fourth-order valence-corrected chi connectivity index (χ4v) is 3.65. The van der Waals surface area contributed by atoms with Gasteiger partial charge in [-0.3, -0.25) is 9.48 Å². The first-order chi connectivity index (χ1) is 13.7. The summed E-state index contributed by atoms with van der Waals surface area (Å²) in [5.41, 5.74) is 3.81. The normalized spacial score (nSPS) is 16.5. The summed E-state index contributed by atoms with van der Waals surface area (Å²) in [5.74, 6) is -0.0596. The van der Waals surface area contributed by atoms with Crippen molar-refractivity contribution < 1.29 is 4.79 Å². The first-order valence-electron chi connectivity index (χ1n) is 9.58. The molecule has 1 atom stereocenters. The fourth-order valence-electron chi connectivity index (χ4n) is 3.65. The SMILES string of the molecule is N#C[C@H]1CCCN(C(=O)c2cccc(-c3cnn(Cc4ccccc4)c3)c2)C1. The van der Waals surface area contributed by atoms with Crippen LogP contribution in [-0.4, -0.2) is 33.7 Å². The highest BCUT2D eigenvalue weighted by Gasteiger charge is 2.24. The van der Waals surface area contributed by atoms with E-state index in [0.717, 1.165) is 30.5 Å². The maximum atomic E-state index is 12.9. The van der Waals surface area contributed by atoms with Crippen molar-refractivity contribution in [3.05, 3.63) is 78.1 Å². The number of carbonyl (C=O) groups excluding carboxylic acids is 1. The third-order valence-corrected chi connectivity index (χ3v) is 5.15. The van der Waals surface area contributed by atoms with Gasteiger partial charge in [-0.2, -0.15) is 10.4 Å². The molecule has 1 saturated heterocycles. The summed E-state index contributed by atoms with van der Waals surface area (Å²) < 4.78 is 1.90. The Labute approximate surface area is 164 Å². The van der Waals surface area contributed by atoms with E-state index in [4.69, 9.17) is 5.26 Å². The summed E-state index contributed by atoms with van der Waals surface area (Å²) in [7, 11) is 0. The van der Waals surface area contributed by atoms with E-state index in [0.29, 0.717) is 18.7 Å². The lowest BCUT2D eigenvalue weighted by Gasteiger charge is -2.29. The van der Waals surface area contributed by atoms with Crippen LogP contribution in [0.1, 0.15) is 28.8 Å². The van der Waals surface area contributed by atoms with Gasteiger partial charge in [-0.25, -0.2) is 0 Å². The molecule has 2 heterocycles. The molecule has 3 aromatic rings. The Morgan fingerprint density at radius 1 is 1.14 bits per heavy atom. The number of carbonyl (C=O) groups is 1. The highest BCUT2D eigenvalue weighted by atomic mass is 16.2. The van der Waals surface area contributed by atoms with Crippen molar-refractivity contribution in [3.8, 4) is 17.2 Å². The lowest BCUT2D eigenvalue weighted by atomic mass is 9.98. The third kappa shape index (κ3) is 3.96. The van der Waals surface area contributed by atoms with Crippen LogP contribution in [0.15, 0.2) is 67.0 Å². The second-order valence-electron chi connectivity index (χ2n) is 7.21. The maximum absolute atomic E-state index is 12.9. The Balaban J connectivity index is 1.51. The molecule has 0 aliphatic carbocycles. The molecule has 0 radical (unpaired) electrons. The molecular formula is C23H22N4O. The van der Waals surface area contributed by atoms with Gasteiger partial charge in [0.15, 0.2) is 0 Å². The van der Waals surface area contributed by atoms with E-state index in [-0.39, 0.29) is 11.8 Å². The van der Waals surface area contributed by atoms with E-state index >= 15 is 0 Å². The highest BCUT2D eigenvalue weighted by Crippen LogP contribution is 2.23. The monoisotopic (exact) mass is 370 g/mol. The number of nitrogens with zero attached hydrogens (tertiary/aromatic N) is 4. The predicted octanol–water partition coefficient (Wildman–Crippen LogP) is 3.97. The number of hydrogen-bond donors (Lipinski definition) is 0. The molecule has 0 spiro atoms. The van der Waals surface area contributed by atoms with Crippen molar-refractivity contribution >= 4 is 5.91 Å².